The van der Waals surface area contributed by atoms with Gasteiger partial charge in [0.15, 0.2) is 11.5 Å². The lowest BCUT2D eigenvalue weighted by Gasteiger charge is -2.09. The zero-order chi connectivity index (χ0) is 20.1. The average Bonchev–Trinajstić information content (AvgIpc) is 3.40. The van der Waals surface area contributed by atoms with Crippen LogP contribution in [-0.2, 0) is 7.05 Å². The zero-order valence-corrected chi connectivity index (χ0v) is 16.5. The summed E-state index contributed by atoms with van der Waals surface area (Å²) < 4.78 is 1.75. The lowest BCUT2D eigenvalue weighted by atomic mass is 10.1. The number of pyridine rings is 1. The molecule has 3 heterocycles. The molecule has 1 aromatic carbocycles. The Hall–Kier alpha value is -3.55. The lowest BCUT2D eigenvalue weighted by molar-refractivity contribution is 0.102. The summed E-state index contributed by atoms with van der Waals surface area (Å²) in [6.45, 7) is 3.76. The highest BCUT2D eigenvalue weighted by molar-refractivity contribution is 6.12. The quantitative estimate of drug-likeness (QED) is 0.558. The van der Waals surface area contributed by atoms with E-state index in [-0.39, 0.29) is 5.91 Å². The van der Waals surface area contributed by atoms with E-state index in [0.717, 1.165) is 46.7 Å². The topological polar surface area (TPSA) is 101 Å². The summed E-state index contributed by atoms with van der Waals surface area (Å²) in [4.78, 5) is 22.3. The molecule has 1 amide bonds. The molecule has 0 spiro atoms. The number of nitrogens with zero attached hydrogens (tertiary/aromatic N) is 5. The molecule has 4 aromatic rings. The maximum Gasteiger partial charge on any atom is 0.256 e. The number of benzene rings is 1. The van der Waals surface area contributed by atoms with Crippen molar-refractivity contribution >= 4 is 22.6 Å². The number of fused-ring (bicyclic) bond motifs is 1. The normalized spacial score (nSPS) is 13.8. The summed E-state index contributed by atoms with van der Waals surface area (Å²) in [5.41, 5.74) is 4.66. The number of nitrogens with one attached hydrogen (secondary N) is 2. The molecule has 0 bridgehead atoms. The Bertz CT molecular complexity index is 1250. The van der Waals surface area contributed by atoms with Crippen LogP contribution in [0.2, 0.25) is 0 Å². The molecule has 3 aromatic heterocycles. The fourth-order valence-electron chi connectivity index (χ4n) is 3.64. The standard InChI is InChI=1S/C21H21N7O/c1-11-18-16(10-17(13-7-8-13)24-20(18)28(3)27-11)21(29)23-15-6-4-5-14(9-15)19-22-12(2)25-26-19/h4-6,9-10,13H,7-8H2,1-3H3,(H,23,29)(H,22,25,26). The number of rotatable bonds is 4. The van der Waals surface area contributed by atoms with Crippen molar-refractivity contribution in [3.8, 4) is 11.4 Å². The van der Waals surface area contributed by atoms with Gasteiger partial charge < -0.3 is 5.32 Å². The van der Waals surface area contributed by atoms with Gasteiger partial charge in [0.1, 0.15) is 5.82 Å². The molecule has 2 N–H and O–H groups in total. The van der Waals surface area contributed by atoms with E-state index in [1.165, 1.54) is 0 Å². The second-order valence-electron chi connectivity index (χ2n) is 7.56. The Morgan fingerprint density at radius 1 is 1.21 bits per heavy atom. The van der Waals surface area contributed by atoms with Crippen molar-refractivity contribution in [3.05, 3.63) is 53.1 Å². The van der Waals surface area contributed by atoms with Crippen LogP contribution in [-0.4, -0.2) is 35.9 Å². The van der Waals surface area contributed by atoms with E-state index in [0.29, 0.717) is 23.0 Å². The first-order chi connectivity index (χ1) is 14.0. The van der Waals surface area contributed by atoms with Gasteiger partial charge in [-0.25, -0.2) is 9.97 Å². The first kappa shape index (κ1) is 17.5. The van der Waals surface area contributed by atoms with Gasteiger partial charge in [-0.15, -0.1) is 0 Å². The van der Waals surface area contributed by atoms with Crippen molar-refractivity contribution in [2.45, 2.75) is 32.6 Å². The first-order valence-electron chi connectivity index (χ1n) is 9.64. The summed E-state index contributed by atoms with van der Waals surface area (Å²) in [6.07, 6.45) is 2.24. The molecular formula is C21H21N7O. The molecule has 0 unspecified atom stereocenters. The van der Waals surface area contributed by atoms with Crippen molar-refractivity contribution < 1.29 is 4.79 Å². The van der Waals surface area contributed by atoms with E-state index < -0.39 is 0 Å². The van der Waals surface area contributed by atoms with Gasteiger partial charge in [0.05, 0.1) is 16.6 Å². The number of amides is 1. The molecule has 0 radical (unpaired) electrons. The van der Waals surface area contributed by atoms with E-state index in [9.17, 15) is 4.79 Å². The predicted molar refractivity (Wildman–Crippen MR) is 110 cm³/mol. The van der Waals surface area contributed by atoms with E-state index in [1.54, 1.807) is 4.68 Å². The minimum absolute atomic E-state index is 0.168. The maximum absolute atomic E-state index is 13.2. The van der Waals surface area contributed by atoms with Crippen LogP contribution < -0.4 is 5.32 Å². The van der Waals surface area contributed by atoms with Crippen LogP contribution in [0.5, 0.6) is 0 Å². The van der Waals surface area contributed by atoms with Crippen molar-refractivity contribution in [1.82, 2.24) is 29.9 Å². The van der Waals surface area contributed by atoms with Crippen molar-refractivity contribution in [2.75, 3.05) is 5.32 Å². The molecule has 0 atom stereocenters. The number of carbonyl (C=O) groups excluding carboxylic acids is 1. The third-order valence-electron chi connectivity index (χ3n) is 5.20. The van der Waals surface area contributed by atoms with Crippen molar-refractivity contribution in [2.24, 2.45) is 7.05 Å². The van der Waals surface area contributed by atoms with Gasteiger partial charge in [-0.2, -0.15) is 10.2 Å². The Morgan fingerprint density at radius 2 is 2.03 bits per heavy atom. The Balaban J connectivity index is 1.52. The van der Waals surface area contributed by atoms with Gasteiger partial charge in [0, 0.05) is 29.9 Å². The van der Waals surface area contributed by atoms with Gasteiger partial charge in [-0.1, -0.05) is 12.1 Å². The van der Waals surface area contributed by atoms with Crippen LogP contribution in [0.15, 0.2) is 30.3 Å². The number of anilines is 1. The van der Waals surface area contributed by atoms with E-state index in [4.69, 9.17) is 4.98 Å². The van der Waals surface area contributed by atoms with Crippen LogP contribution in [0, 0.1) is 13.8 Å². The van der Waals surface area contributed by atoms with Crippen LogP contribution in [0.1, 0.15) is 46.3 Å². The third-order valence-corrected chi connectivity index (χ3v) is 5.20. The summed E-state index contributed by atoms with van der Waals surface area (Å²) in [6, 6.07) is 9.45. The molecule has 1 saturated carbocycles. The minimum Gasteiger partial charge on any atom is -0.322 e. The van der Waals surface area contributed by atoms with Crippen LogP contribution in [0.25, 0.3) is 22.4 Å². The Kier molecular flexibility index (Phi) is 3.94. The number of hydrogen-bond acceptors (Lipinski definition) is 5. The van der Waals surface area contributed by atoms with Gasteiger partial charge in [0.2, 0.25) is 0 Å². The predicted octanol–water partition coefficient (Wildman–Crippen LogP) is 3.50. The molecule has 1 aliphatic carbocycles. The van der Waals surface area contributed by atoms with Gasteiger partial charge in [-0.05, 0) is 44.9 Å². The summed E-state index contributed by atoms with van der Waals surface area (Å²) in [5.74, 6) is 1.62. The number of H-pyrrole nitrogens is 1. The fraction of sp³-hybridized carbons (Fsp3) is 0.286. The highest BCUT2D eigenvalue weighted by atomic mass is 16.1. The maximum atomic E-state index is 13.2. The molecule has 29 heavy (non-hydrogen) atoms. The SMILES string of the molecule is Cc1nc(-c2cccc(NC(=O)c3cc(C4CC4)nc4c3c(C)nn4C)c2)n[nH]1. The smallest absolute Gasteiger partial charge is 0.256 e. The molecular weight excluding hydrogens is 366 g/mol. The molecule has 146 valence electrons. The molecule has 0 aliphatic heterocycles. The highest BCUT2D eigenvalue weighted by Gasteiger charge is 2.28. The Morgan fingerprint density at radius 3 is 2.76 bits per heavy atom. The molecule has 5 rings (SSSR count). The number of carbonyl (C=O) groups is 1. The van der Waals surface area contributed by atoms with Crippen LogP contribution in [0.4, 0.5) is 5.69 Å². The van der Waals surface area contributed by atoms with Crippen LogP contribution in [0.3, 0.4) is 0 Å². The average molecular weight is 387 g/mol. The molecule has 8 heteroatoms. The second kappa shape index (κ2) is 6.51. The van der Waals surface area contributed by atoms with Gasteiger partial charge in [0.25, 0.3) is 5.91 Å². The van der Waals surface area contributed by atoms with Crippen molar-refractivity contribution in [1.29, 1.82) is 0 Å². The number of aromatic nitrogens is 6. The largest absolute Gasteiger partial charge is 0.322 e. The molecule has 1 fully saturated rings. The lowest BCUT2D eigenvalue weighted by Crippen LogP contribution is -2.13. The van der Waals surface area contributed by atoms with Gasteiger partial charge >= 0.3 is 0 Å². The Labute approximate surface area is 167 Å². The molecule has 0 saturated heterocycles. The number of hydrogen-bond donors (Lipinski definition) is 2. The minimum atomic E-state index is -0.168. The number of aryl methyl sites for hydroxylation is 3. The second-order valence-corrected chi connectivity index (χ2v) is 7.56. The van der Waals surface area contributed by atoms with E-state index in [2.05, 4.69) is 25.6 Å². The van der Waals surface area contributed by atoms with Crippen LogP contribution >= 0.6 is 0 Å². The third kappa shape index (κ3) is 3.16. The van der Waals surface area contributed by atoms with E-state index >= 15 is 0 Å². The first-order valence-corrected chi connectivity index (χ1v) is 9.64. The molecule has 1 aliphatic rings. The summed E-state index contributed by atoms with van der Waals surface area (Å²) in [7, 11) is 1.86. The van der Waals surface area contributed by atoms with Crippen molar-refractivity contribution in [3.63, 3.8) is 0 Å². The highest BCUT2D eigenvalue weighted by Crippen LogP contribution is 2.40. The van der Waals surface area contributed by atoms with Gasteiger partial charge in [-0.3, -0.25) is 14.6 Å². The molecule has 8 nitrogen and oxygen atoms in total. The number of aromatic amines is 1. The zero-order valence-electron chi connectivity index (χ0n) is 16.5. The monoisotopic (exact) mass is 387 g/mol. The fourth-order valence-corrected chi connectivity index (χ4v) is 3.64. The summed E-state index contributed by atoms with van der Waals surface area (Å²) in [5, 5.41) is 15.3. The summed E-state index contributed by atoms with van der Waals surface area (Å²) >= 11 is 0. The van der Waals surface area contributed by atoms with E-state index in [1.807, 2.05) is 51.2 Å².